The first-order valence-electron chi connectivity index (χ1n) is 7.54. The highest BCUT2D eigenvalue weighted by Crippen LogP contribution is 2.24. The van der Waals surface area contributed by atoms with E-state index in [0.29, 0.717) is 5.89 Å². The maximum absolute atomic E-state index is 11.9. The van der Waals surface area contributed by atoms with Gasteiger partial charge in [-0.15, -0.1) is 10.2 Å². The van der Waals surface area contributed by atoms with E-state index in [1.54, 1.807) is 43.6 Å². The first kappa shape index (κ1) is 16.9. The monoisotopic (exact) mass is 356 g/mol. The smallest absolute Gasteiger partial charge is 0.331 e. The topological polar surface area (TPSA) is 74.5 Å². The van der Waals surface area contributed by atoms with Gasteiger partial charge in [0.05, 0.1) is 7.11 Å². The summed E-state index contributed by atoms with van der Waals surface area (Å²) >= 11 is 1.56. The van der Waals surface area contributed by atoms with Gasteiger partial charge in [-0.1, -0.05) is 0 Å². The number of ether oxygens (including phenoxy) is 2. The van der Waals surface area contributed by atoms with Gasteiger partial charge in [0, 0.05) is 11.6 Å². The fourth-order valence-corrected chi connectivity index (χ4v) is 2.68. The second kappa shape index (κ2) is 7.76. The summed E-state index contributed by atoms with van der Waals surface area (Å²) in [6.45, 7) is 1.68. The number of carbonyl (C=O) groups is 1. The molecule has 25 heavy (non-hydrogen) atoms. The van der Waals surface area contributed by atoms with Crippen LogP contribution in [-0.4, -0.2) is 23.3 Å². The summed E-state index contributed by atoms with van der Waals surface area (Å²) < 4.78 is 16.0. The lowest BCUT2D eigenvalue weighted by atomic mass is 10.2. The van der Waals surface area contributed by atoms with Crippen LogP contribution in [0.1, 0.15) is 24.5 Å². The van der Waals surface area contributed by atoms with E-state index in [0.717, 1.165) is 16.9 Å². The Labute approximate surface area is 148 Å². The SMILES string of the molecule is COc1ccc(-c2nnc([C@@H](C)OC(=O)/C=C/c3ccsc3)o2)cc1. The van der Waals surface area contributed by atoms with Crippen molar-refractivity contribution in [3.63, 3.8) is 0 Å². The molecule has 0 fully saturated rings. The summed E-state index contributed by atoms with van der Waals surface area (Å²) in [5.74, 6) is 0.864. The number of thiophene rings is 1. The molecule has 7 heteroatoms. The van der Waals surface area contributed by atoms with Crippen molar-refractivity contribution in [1.82, 2.24) is 10.2 Å². The average molecular weight is 356 g/mol. The molecular formula is C18H16N2O4S. The number of aromatic nitrogens is 2. The van der Waals surface area contributed by atoms with Gasteiger partial charge >= 0.3 is 5.97 Å². The third-order valence-electron chi connectivity index (χ3n) is 3.37. The van der Waals surface area contributed by atoms with Gasteiger partial charge in [-0.25, -0.2) is 4.79 Å². The molecule has 0 amide bonds. The van der Waals surface area contributed by atoms with Crippen molar-refractivity contribution in [3.8, 4) is 17.2 Å². The molecule has 128 valence electrons. The molecule has 2 aromatic heterocycles. The molecule has 0 spiro atoms. The number of hydrogen-bond acceptors (Lipinski definition) is 7. The maximum Gasteiger partial charge on any atom is 0.331 e. The summed E-state index contributed by atoms with van der Waals surface area (Å²) in [5.41, 5.74) is 1.71. The number of benzene rings is 1. The number of nitrogens with zero attached hydrogens (tertiary/aromatic N) is 2. The van der Waals surface area contributed by atoms with Crippen LogP contribution in [0.3, 0.4) is 0 Å². The van der Waals surface area contributed by atoms with E-state index in [9.17, 15) is 4.79 Å². The first-order valence-corrected chi connectivity index (χ1v) is 8.48. The van der Waals surface area contributed by atoms with E-state index in [1.165, 1.54) is 6.08 Å². The van der Waals surface area contributed by atoms with Crippen molar-refractivity contribution in [2.75, 3.05) is 7.11 Å². The summed E-state index contributed by atoms with van der Waals surface area (Å²) in [7, 11) is 1.60. The quantitative estimate of drug-likeness (QED) is 0.488. The molecule has 0 radical (unpaired) electrons. The fraction of sp³-hybridized carbons (Fsp3) is 0.167. The van der Waals surface area contributed by atoms with Crippen LogP contribution in [0.15, 0.2) is 51.6 Å². The van der Waals surface area contributed by atoms with E-state index >= 15 is 0 Å². The van der Waals surface area contributed by atoms with Crippen molar-refractivity contribution in [2.45, 2.75) is 13.0 Å². The molecule has 0 bridgehead atoms. The van der Waals surface area contributed by atoms with E-state index in [2.05, 4.69) is 10.2 Å². The second-order valence-corrected chi connectivity index (χ2v) is 5.92. The number of methoxy groups -OCH3 is 1. The minimum Gasteiger partial charge on any atom is -0.497 e. The summed E-state index contributed by atoms with van der Waals surface area (Å²) in [6.07, 6.45) is 2.43. The third-order valence-corrected chi connectivity index (χ3v) is 4.07. The van der Waals surface area contributed by atoms with E-state index in [1.807, 2.05) is 29.0 Å². The van der Waals surface area contributed by atoms with Crippen molar-refractivity contribution in [3.05, 3.63) is 58.6 Å². The molecule has 2 heterocycles. The Balaban J connectivity index is 1.63. The average Bonchev–Trinajstić information content (AvgIpc) is 3.32. The van der Waals surface area contributed by atoms with Crippen LogP contribution in [0, 0.1) is 0 Å². The minimum atomic E-state index is -0.640. The molecule has 1 atom stereocenters. The molecule has 0 aliphatic carbocycles. The van der Waals surface area contributed by atoms with Crippen molar-refractivity contribution in [2.24, 2.45) is 0 Å². The Morgan fingerprint density at radius 1 is 1.24 bits per heavy atom. The van der Waals surface area contributed by atoms with Crippen LogP contribution in [0.5, 0.6) is 5.75 Å². The van der Waals surface area contributed by atoms with Gasteiger partial charge < -0.3 is 13.9 Å². The highest BCUT2D eigenvalue weighted by Gasteiger charge is 2.18. The maximum atomic E-state index is 11.9. The molecule has 1 aromatic carbocycles. The van der Waals surface area contributed by atoms with Gasteiger partial charge in [0.15, 0.2) is 6.10 Å². The summed E-state index contributed by atoms with van der Waals surface area (Å²) in [4.78, 5) is 11.9. The predicted octanol–water partition coefficient (Wildman–Crippen LogP) is 4.12. The third kappa shape index (κ3) is 4.33. The number of esters is 1. The largest absolute Gasteiger partial charge is 0.497 e. The van der Waals surface area contributed by atoms with Crippen molar-refractivity contribution >= 4 is 23.4 Å². The lowest BCUT2D eigenvalue weighted by Gasteiger charge is -2.06. The number of rotatable bonds is 6. The summed E-state index contributed by atoms with van der Waals surface area (Å²) in [5, 5.41) is 11.8. The lowest BCUT2D eigenvalue weighted by Crippen LogP contribution is -2.06. The number of carbonyl (C=O) groups excluding carboxylic acids is 1. The van der Waals surface area contributed by atoms with Gasteiger partial charge in [0.1, 0.15) is 5.75 Å². The molecule has 0 aliphatic heterocycles. The van der Waals surface area contributed by atoms with E-state index < -0.39 is 12.1 Å². The molecule has 3 rings (SSSR count). The minimum absolute atomic E-state index is 0.239. The lowest BCUT2D eigenvalue weighted by molar-refractivity contribution is -0.143. The van der Waals surface area contributed by atoms with E-state index in [-0.39, 0.29) is 5.89 Å². The highest BCUT2D eigenvalue weighted by molar-refractivity contribution is 7.08. The molecule has 0 saturated heterocycles. The molecule has 0 unspecified atom stereocenters. The fourth-order valence-electron chi connectivity index (χ4n) is 2.05. The van der Waals surface area contributed by atoms with Crippen LogP contribution in [0.25, 0.3) is 17.5 Å². The summed E-state index contributed by atoms with van der Waals surface area (Å²) in [6, 6.07) is 9.15. The van der Waals surface area contributed by atoms with Gasteiger partial charge in [-0.3, -0.25) is 0 Å². The van der Waals surface area contributed by atoms with Crippen LogP contribution in [0.2, 0.25) is 0 Å². The first-order chi connectivity index (χ1) is 12.2. The van der Waals surface area contributed by atoms with Crippen molar-refractivity contribution < 1.29 is 18.7 Å². The van der Waals surface area contributed by atoms with Gasteiger partial charge in [-0.2, -0.15) is 11.3 Å². The normalized spacial score (nSPS) is 12.2. The standard InChI is InChI=1S/C18H16N2O4S/c1-12(23-16(21)8-3-13-9-10-25-11-13)17-19-20-18(24-17)14-4-6-15(22-2)7-5-14/h3-12H,1-2H3/b8-3+/t12-/m1/s1. The van der Waals surface area contributed by atoms with Crippen LogP contribution in [-0.2, 0) is 9.53 Å². The Bertz CT molecular complexity index is 854. The molecule has 0 N–H and O–H groups in total. The zero-order chi connectivity index (χ0) is 17.6. The Morgan fingerprint density at radius 2 is 2.04 bits per heavy atom. The van der Waals surface area contributed by atoms with E-state index in [4.69, 9.17) is 13.9 Å². The molecule has 0 aliphatic rings. The second-order valence-electron chi connectivity index (χ2n) is 5.14. The Kier molecular flexibility index (Phi) is 5.25. The van der Waals surface area contributed by atoms with Crippen LogP contribution in [0.4, 0.5) is 0 Å². The highest BCUT2D eigenvalue weighted by atomic mass is 32.1. The van der Waals surface area contributed by atoms with Crippen LogP contribution >= 0.6 is 11.3 Å². The van der Waals surface area contributed by atoms with Gasteiger partial charge in [-0.05, 0) is 59.7 Å². The predicted molar refractivity (Wildman–Crippen MR) is 94.1 cm³/mol. The van der Waals surface area contributed by atoms with Gasteiger partial charge in [0.2, 0.25) is 5.89 Å². The van der Waals surface area contributed by atoms with Gasteiger partial charge in [0.25, 0.3) is 5.89 Å². The van der Waals surface area contributed by atoms with Crippen LogP contribution < -0.4 is 4.74 Å². The Morgan fingerprint density at radius 3 is 2.72 bits per heavy atom. The molecule has 0 saturated carbocycles. The Hall–Kier alpha value is -2.93. The van der Waals surface area contributed by atoms with Crippen molar-refractivity contribution in [1.29, 1.82) is 0 Å². The zero-order valence-corrected chi connectivity index (χ0v) is 14.5. The molecular weight excluding hydrogens is 340 g/mol. The molecule has 6 nitrogen and oxygen atoms in total. The zero-order valence-electron chi connectivity index (χ0n) is 13.7. The number of hydrogen-bond donors (Lipinski definition) is 0. The molecule has 3 aromatic rings.